The van der Waals surface area contributed by atoms with Crippen molar-refractivity contribution in [3.63, 3.8) is 0 Å². The number of fused-ring (bicyclic) bond motifs is 1. The van der Waals surface area contributed by atoms with E-state index in [1.807, 2.05) is 64.1 Å². The summed E-state index contributed by atoms with van der Waals surface area (Å²) in [6.45, 7) is 9.11. The number of carbonyl (C=O) groups is 3. The first-order chi connectivity index (χ1) is 18.1. The summed E-state index contributed by atoms with van der Waals surface area (Å²) in [4.78, 5) is 40.0. The van der Waals surface area contributed by atoms with Crippen LogP contribution < -0.4 is 15.4 Å². The molecule has 9 nitrogen and oxygen atoms in total. The van der Waals surface area contributed by atoms with Gasteiger partial charge in [-0.2, -0.15) is 0 Å². The van der Waals surface area contributed by atoms with Gasteiger partial charge in [-0.15, -0.1) is 0 Å². The lowest BCUT2D eigenvalue weighted by atomic mass is 9.87. The maximum Gasteiger partial charge on any atom is 0.410 e. The number of nitrogens with zero attached hydrogens (tertiary/aromatic N) is 1. The van der Waals surface area contributed by atoms with Gasteiger partial charge in [0, 0.05) is 40.0 Å². The van der Waals surface area contributed by atoms with E-state index in [1.54, 1.807) is 18.0 Å². The maximum atomic E-state index is 13.2. The smallest absolute Gasteiger partial charge is 0.410 e. The molecule has 4 rings (SSSR count). The fourth-order valence-electron chi connectivity index (χ4n) is 4.90. The number of hydrogen-bond acceptors (Lipinski definition) is 6. The van der Waals surface area contributed by atoms with E-state index in [4.69, 9.17) is 14.2 Å². The van der Waals surface area contributed by atoms with E-state index in [2.05, 4.69) is 10.6 Å². The Kier molecular flexibility index (Phi) is 8.26. The van der Waals surface area contributed by atoms with Gasteiger partial charge in [0.2, 0.25) is 0 Å². The summed E-state index contributed by atoms with van der Waals surface area (Å²) in [5.41, 5.74) is 2.04. The third-order valence-corrected chi connectivity index (χ3v) is 6.66. The van der Waals surface area contributed by atoms with Crippen molar-refractivity contribution in [2.75, 3.05) is 33.3 Å². The summed E-state index contributed by atoms with van der Waals surface area (Å²) < 4.78 is 17.4. The fourth-order valence-corrected chi connectivity index (χ4v) is 4.90. The fraction of sp³-hybridized carbons (Fsp3) is 0.483. The van der Waals surface area contributed by atoms with Gasteiger partial charge in [0.15, 0.2) is 0 Å². The topological polar surface area (TPSA) is 106 Å². The Morgan fingerprint density at radius 1 is 1.13 bits per heavy atom. The Bertz CT molecular complexity index is 1190. The van der Waals surface area contributed by atoms with Gasteiger partial charge < -0.3 is 29.7 Å². The van der Waals surface area contributed by atoms with Crippen LogP contribution in [-0.4, -0.2) is 73.9 Å². The molecular formula is C29H41N3O6. The Morgan fingerprint density at radius 3 is 2.55 bits per heavy atom. The second-order valence-corrected chi connectivity index (χ2v) is 10.7. The van der Waals surface area contributed by atoms with Crippen LogP contribution in [0.5, 0.6) is 5.75 Å². The third kappa shape index (κ3) is 6.27. The van der Waals surface area contributed by atoms with Crippen molar-refractivity contribution >= 4 is 17.9 Å². The molecular weight excluding hydrogens is 486 g/mol. The Labute approximate surface area is 226 Å². The molecule has 2 aromatic rings. The van der Waals surface area contributed by atoms with Gasteiger partial charge in [-0.25, -0.2) is 4.79 Å². The molecule has 1 saturated heterocycles. The number of ether oxygens (including phenoxy) is 3. The first-order valence-corrected chi connectivity index (χ1v) is 13.1. The van der Waals surface area contributed by atoms with Crippen LogP contribution in [0.25, 0.3) is 0 Å². The van der Waals surface area contributed by atoms with E-state index in [9.17, 15) is 14.4 Å². The van der Waals surface area contributed by atoms with E-state index in [-0.39, 0.29) is 38.9 Å². The molecule has 208 valence electrons. The van der Waals surface area contributed by atoms with Crippen molar-refractivity contribution in [2.45, 2.75) is 57.8 Å². The molecule has 1 unspecified atom stereocenters. The van der Waals surface area contributed by atoms with E-state index in [1.165, 1.54) is 0 Å². The molecule has 0 saturated carbocycles. The van der Waals surface area contributed by atoms with Gasteiger partial charge in [-0.1, -0.05) is 30.3 Å². The van der Waals surface area contributed by atoms with Crippen LogP contribution in [0.4, 0.5) is 4.79 Å². The molecule has 0 spiro atoms. The lowest BCUT2D eigenvalue weighted by Crippen LogP contribution is -2.48. The highest BCUT2D eigenvalue weighted by Gasteiger charge is 2.36. The third-order valence-electron chi connectivity index (χ3n) is 6.66. The van der Waals surface area contributed by atoms with Gasteiger partial charge in [0.1, 0.15) is 17.5 Å². The zero-order chi connectivity index (χ0) is 27.4. The number of hydrogen-bond donors (Lipinski definition) is 2. The molecule has 2 aromatic carbocycles. The first-order valence-electron chi connectivity index (χ1n) is 13.1. The summed E-state index contributed by atoms with van der Waals surface area (Å²) in [6.07, 6.45) is -0.232. The van der Waals surface area contributed by atoms with Crippen LogP contribution >= 0.6 is 0 Å². The van der Waals surface area contributed by atoms with Crippen LogP contribution in [0.2, 0.25) is 0 Å². The summed E-state index contributed by atoms with van der Waals surface area (Å²) in [5, 5.41) is 5.59. The van der Waals surface area contributed by atoms with Gasteiger partial charge in [0.25, 0.3) is 11.8 Å². The van der Waals surface area contributed by atoms with Crippen LogP contribution in [-0.2, 0) is 9.47 Å². The molecule has 0 aromatic heterocycles. The van der Waals surface area contributed by atoms with Crippen LogP contribution in [0.15, 0.2) is 42.5 Å². The molecule has 3 amide bonds. The lowest BCUT2D eigenvalue weighted by molar-refractivity contribution is -0.0440. The van der Waals surface area contributed by atoms with Crippen molar-refractivity contribution in [3.8, 4) is 5.75 Å². The first kappa shape index (κ1) is 27.4. The second kappa shape index (κ2) is 11.4. The SMILES string of the molecule is CNC(=O)c1cc(C(=O)NCCC2CN(C(=O)OC(C)(C)C)CCO2)cc2c1O[C@H](C)[C@H]2c1ccccc1.[HH].[HH]. The molecule has 2 aliphatic rings. The van der Waals surface area contributed by atoms with E-state index in [0.717, 1.165) is 11.1 Å². The molecule has 38 heavy (non-hydrogen) atoms. The summed E-state index contributed by atoms with van der Waals surface area (Å²) in [7, 11) is 1.55. The molecule has 1 fully saturated rings. The summed E-state index contributed by atoms with van der Waals surface area (Å²) in [6, 6.07) is 13.3. The van der Waals surface area contributed by atoms with Crippen LogP contribution in [0.3, 0.4) is 0 Å². The minimum absolute atomic E-state index is 0. The Balaban J connectivity index is 0.00000280. The zero-order valence-corrected chi connectivity index (χ0v) is 22.7. The minimum Gasteiger partial charge on any atom is -0.489 e. The van der Waals surface area contributed by atoms with Crippen molar-refractivity contribution < 1.29 is 31.4 Å². The molecule has 9 heteroatoms. The molecule has 3 atom stereocenters. The van der Waals surface area contributed by atoms with E-state index >= 15 is 0 Å². The lowest BCUT2D eigenvalue weighted by Gasteiger charge is -2.34. The quantitative estimate of drug-likeness (QED) is 0.583. The predicted octanol–water partition coefficient (Wildman–Crippen LogP) is 4.21. The molecule has 0 aliphatic carbocycles. The van der Waals surface area contributed by atoms with Crippen molar-refractivity contribution in [3.05, 3.63) is 64.7 Å². The number of rotatable bonds is 6. The monoisotopic (exact) mass is 527 g/mol. The second-order valence-electron chi connectivity index (χ2n) is 10.7. The maximum absolute atomic E-state index is 13.2. The number of amides is 3. The molecule has 2 heterocycles. The zero-order valence-electron chi connectivity index (χ0n) is 22.7. The van der Waals surface area contributed by atoms with Gasteiger partial charge in [-0.05, 0) is 51.8 Å². The average Bonchev–Trinajstić information content (AvgIpc) is 3.22. The number of benzene rings is 2. The van der Waals surface area contributed by atoms with E-state index in [0.29, 0.717) is 49.5 Å². The average molecular weight is 528 g/mol. The van der Waals surface area contributed by atoms with Crippen molar-refractivity contribution in [1.82, 2.24) is 15.5 Å². The van der Waals surface area contributed by atoms with Crippen molar-refractivity contribution in [2.24, 2.45) is 0 Å². The number of nitrogens with one attached hydrogen (secondary N) is 2. The Hall–Kier alpha value is -3.59. The van der Waals surface area contributed by atoms with Gasteiger partial charge in [0.05, 0.1) is 24.8 Å². The number of morpholine rings is 1. The van der Waals surface area contributed by atoms with E-state index < -0.39 is 5.60 Å². The summed E-state index contributed by atoms with van der Waals surface area (Å²) in [5.74, 6) is -0.185. The molecule has 2 N–H and O–H groups in total. The number of carbonyl (C=O) groups excluding carboxylic acids is 3. The highest BCUT2D eigenvalue weighted by atomic mass is 16.6. The van der Waals surface area contributed by atoms with Crippen LogP contribution in [0, 0.1) is 0 Å². The van der Waals surface area contributed by atoms with Crippen LogP contribution in [0.1, 0.15) is 74.7 Å². The standard InChI is InChI=1S/C29H37N3O6.2H2/c1-18-24(19-9-7-6-8-10-19)22-15-20(16-23(25(22)37-18)27(34)30-5)26(33)31-12-11-21-17-32(13-14-36-21)28(35)38-29(2,3)4;;/h6-10,15-16,18,21,24H,11-14,17H2,1-5H3,(H,30,34)(H,31,33);2*1H/t18-,21?,24+;;/m1../s1. The highest BCUT2D eigenvalue weighted by Crippen LogP contribution is 2.44. The summed E-state index contributed by atoms with van der Waals surface area (Å²) >= 11 is 0. The van der Waals surface area contributed by atoms with Gasteiger partial charge in [-0.3, -0.25) is 9.59 Å². The minimum atomic E-state index is -0.565. The van der Waals surface area contributed by atoms with Crippen molar-refractivity contribution in [1.29, 1.82) is 0 Å². The Morgan fingerprint density at radius 2 is 1.87 bits per heavy atom. The van der Waals surface area contributed by atoms with Gasteiger partial charge >= 0.3 is 6.09 Å². The molecule has 0 bridgehead atoms. The highest BCUT2D eigenvalue weighted by molar-refractivity contribution is 6.02. The molecule has 2 aliphatic heterocycles. The predicted molar refractivity (Wildman–Crippen MR) is 147 cm³/mol. The normalized spacial score (nSPS) is 20.8. The largest absolute Gasteiger partial charge is 0.489 e. The molecule has 0 radical (unpaired) electrons.